The SMILES string of the molecule is CC/C=C1/C(CS)C(c2ccc(C(C)C)cc2)=CCC1(C)CC. The van der Waals surface area contributed by atoms with E-state index in [0.29, 0.717) is 17.3 Å². The van der Waals surface area contributed by atoms with E-state index < -0.39 is 0 Å². The van der Waals surface area contributed by atoms with Crippen molar-refractivity contribution in [1.82, 2.24) is 0 Å². The molecule has 0 fully saturated rings. The van der Waals surface area contributed by atoms with Crippen LogP contribution in [0.1, 0.15) is 70.9 Å². The summed E-state index contributed by atoms with van der Waals surface area (Å²) in [6, 6.07) is 9.17. The molecule has 1 aromatic carbocycles. The summed E-state index contributed by atoms with van der Waals surface area (Å²) in [5.74, 6) is 1.92. The van der Waals surface area contributed by atoms with Crippen LogP contribution in [0.25, 0.3) is 5.57 Å². The number of thiol groups is 1. The lowest BCUT2D eigenvalue weighted by Crippen LogP contribution is -2.29. The van der Waals surface area contributed by atoms with Gasteiger partial charge in [-0.1, -0.05) is 76.6 Å². The van der Waals surface area contributed by atoms with Crippen molar-refractivity contribution < 1.29 is 0 Å². The molecule has 2 atom stereocenters. The van der Waals surface area contributed by atoms with Crippen LogP contribution in [0.2, 0.25) is 0 Å². The van der Waals surface area contributed by atoms with E-state index in [-0.39, 0.29) is 0 Å². The Kier molecular flexibility index (Phi) is 6.19. The van der Waals surface area contributed by atoms with Crippen molar-refractivity contribution in [3.05, 3.63) is 53.1 Å². The van der Waals surface area contributed by atoms with E-state index in [1.807, 2.05) is 0 Å². The van der Waals surface area contributed by atoms with E-state index in [4.69, 9.17) is 12.6 Å². The molecule has 0 saturated carbocycles. The Balaban J connectivity index is 2.43. The third kappa shape index (κ3) is 3.76. The average Bonchev–Trinajstić information content (AvgIpc) is 2.56. The molecule has 0 amide bonds. The molecule has 0 aliphatic heterocycles. The van der Waals surface area contributed by atoms with Crippen molar-refractivity contribution in [2.24, 2.45) is 11.3 Å². The molecule has 0 aromatic heterocycles. The molecule has 23 heavy (non-hydrogen) atoms. The second-order valence-corrected chi connectivity index (χ2v) is 7.72. The van der Waals surface area contributed by atoms with Crippen molar-refractivity contribution in [2.45, 2.75) is 59.8 Å². The third-order valence-electron chi connectivity index (χ3n) is 5.52. The van der Waals surface area contributed by atoms with Crippen LogP contribution in [-0.4, -0.2) is 5.75 Å². The lowest BCUT2D eigenvalue weighted by molar-refractivity contribution is 0.353. The van der Waals surface area contributed by atoms with Gasteiger partial charge in [-0.05, 0) is 47.3 Å². The fraction of sp³-hybridized carbons (Fsp3) is 0.545. The van der Waals surface area contributed by atoms with Crippen LogP contribution in [0.4, 0.5) is 0 Å². The van der Waals surface area contributed by atoms with Gasteiger partial charge in [0.2, 0.25) is 0 Å². The average molecular weight is 329 g/mol. The van der Waals surface area contributed by atoms with Gasteiger partial charge >= 0.3 is 0 Å². The van der Waals surface area contributed by atoms with Crippen molar-refractivity contribution in [3.63, 3.8) is 0 Å². The summed E-state index contributed by atoms with van der Waals surface area (Å²) in [5, 5.41) is 0. The largest absolute Gasteiger partial charge is 0.178 e. The lowest BCUT2D eigenvalue weighted by atomic mass is 9.65. The minimum Gasteiger partial charge on any atom is -0.178 e. The topological polar surface area (TPSA) is 0 Å². The smallest absolute Gasteiger partial charge is 0.0145 e. The molecule has 126 valence electrons. The highest BCUT2D eigenvalue weighted by Gasteiger charge is 2.36. The van der Waals surface area contributed by atoms with E-state index >= 15 is 0 Å². The molecule has 2 unspecified atom stereocenters. The Bertz CT molecular complexity index is 576. The molecule has 0 heterocycles. The van der Waals surface area contributed by atoms with Crippen molar-refractivity contribution in [1.29, 1.82) is 0 Å². The highest BCUT2D eigenvalue weighted by Crippen LogP contribution is 2.49. The minimum atomic E-state index is 0.296. The second kappa shape index (κ2) is 7.75. The molecule has 1 aliphatic carbocycles. The first-order valence-corrected chi connectivity index (χ1v) is 9.71. The first-order chi connectivity index (χ1) is 11.0. The van der Waals surface area contributed by atoms with Crippen LogP contribution in [-0.2, 0) is 0 Å². The van der Waals surface area contributed by atoms with Gasteiger partial charge in [-0.3, -0.25) is 0 Å². The van der Waals surface area contributed by atoms with Crippen molar-refractivity contribution >= 4 is 18.2 Å². The van der Waals surface area contributed by atoms with Gasteiger partial charge in [0.25, 0.3) is 0 Å². The monoisotopic (exact) mass is 328 g/mol. The first kappa shape index (κ1) is 18.4. The third-order valence-corrected chi connectivity index (χ3v) is 5.88. The van der Waals surface area contributed by atoms with Gasteiger partial charge in [0, 0.05) is 11.7 Å². The molecule has 1 aromatic rings. The quantitative estimate of drug-likeness (QED) is 0.441. The van der Waals surface area contributed by atoms with E-state index in [2.05, 4.69) is 71.0 Å². The maximum atomic E-state index is 4.71. The van der Waals surface area contributed by atoms with E-state index in [9.17, 15) is 0 Å². The molecule has 0 radical (unpaired) electrons. The summed E-state index contributed by atoms with van der Waals surface area (Å²) in [5.41, 5.74) is 6.15. The maximum Gasteiger partial charge on any atom is 0.0145 e. The number of hydrogen-bond donors (Lipinski definition) is 1. The molecule has 0 bridgehead atoms. The van der Waals surface area contributed by atoms with Gasteiger partial charge in [0.15, 0.2) is 0 Å². The molecule has 0 N–H and O–H groups in total. The minimum absolute atomic E-state index is 0.296. The predicted octanol–water partition coefficient (Wildman–Crippen LogP) is 6.90. The van der Waals surface area contributed by atoms with Gasteiger partial charge in [0.05, 0.1) is 0 Å². The van der Waals surface area contributed by atoms with Crippen molar-refractivity contribution in [2.75, 3.05) is 5.75 Å². The molecular weight excluding hydrogens is 296 g/mol. The van der Waals surface area contributed by atoms with Crippen LogP contribution < -0.4 is 0 Å². The highest BCUT2D eigenvalue weighted by atomic mass is 32.1. The van der Waals surface area contributed by atoms with E-state index in [1.165, 1.54) is 23.1 Å². The summed E-state index contributed by atoms with van der Waals surface area (Å²) >= 11 is 4.71. The molecule has 1 aliphatic rings. The number of allylic oxidation sites excluding steroid dienone is 4. The number of benzene rings is 1. The van der Waals surface area contributed by atoms with Crippen LogP contribution in [0.5, 0.6) is 0 Å². The molecule has 1 heteroatoms. The maximum absolute atomic E-state index is 4.71. The Morgan fingerprint density at radius 3 is 2.35 bits per heavy atom. The molecule has 2 rings (SSSR count). The van der Waals surface area contributed by atoms with Crippen molar-refractivity contribution in [3.8, 4) is 0 Å². The van der Waals surface area contributed by atoms with Gasteiger partial charge < -0.3 is 0 Å². The van der Waals surface area contributed by atoms with E-state index in [1.54, 1.807) is 5.57 Å². The summed E-state index contributed by atoms with van der Waals surface area (Å²) in [6.07, 6.45) is 8.37. The van der Waals surface area contributed by atoms with Gasteiger partial charge in [0.1, 0.15) is 0 Å². The summed E-state index contributed by atoms with van der Waals surface area (Å²) < 4.78 is 0. The van der Waals surface area contributed by atoms with Gasteiger partial charge in [-0.25, -0.2) is 0 Å². The Morgan fingerprint density at radius 2 is 1.87 bits per heavy atom. The van der Waals surface area contributed by atoms with Crippen LogP contribution in [0.3, 0.4) is 0 Å². The van der Waals surface area contributed by atoms with Gasteiger partial charge in [-0.15, -0.1) is 0 Å². The summed E-state index contributed by atoms with van der Waals surface area (Å²) in [6.45, 7) is 11.5. The molecule has 0 spiro atoms. The Hall–Kier alpha value is -0.950. The van der Waals surface area contributed by atoms with Crippen LogP contribution in [0.15, 0.2) is 42.0 Å². The van der Waals surface area contributed by atoms with E-state index in [0.717, 1.165) is 18.6 Å². The van der Waals surface area contributed by atoms with Crippen LogP contribution >= 0.6 is 12.6 Å². The number of rotatable bonds is 5. The lowest BCUT2D eigenvalue weighted by Gasteiger charge is -2.41. The highest BCUT2D eigenvalue weighted by molar-refractivity contribution is 7.80. The normalized spacial score (nSPS) is 26.7. The fourth-order valence-corrected chi connectivity index (χ4v) is 4.11. The van der Waals surface area contributed by atoms with Crippen LogP contribution in [0, 0.1) is 11.3 Å². The predicted molar refractivity (Wildman–Crippen MR) is 107 cm³/mol. The first-order valence-electron chi connectivity index (χ1n) is 9.08. The second-order valence-electron chi connectivity index (χ2n) is 7.36. The summed E-state index contributed by atoms with van der Waals surface area (Å²) in [4.78, 5) is 0. The summed E-state index contributed by atoms with van der Waals surface area (Å²) in [7, 11) is 0. The zero-order valence-electron chi connectivity index (χ0n) is 15.4. The zero-order valence-corrected chi connectivity index (χ0v) is 16.3. The zero-order chi connectivity index (χ0) is 17.0. The standard InChI is InChI=1S/C22H32S/c1-6-8-21-20(15-23)19(13-14-22(21,5)7-2)18-11-9-17(10-12-18)16(3)4/h8-13,16,20,23H,6-7,14-15H2,1-5H3/b21-8-. The molecular formula is C22H32S. The molecule has 0 nitrogen and oxygen atoms in total. The number of hydrogen-bond acceptors (Lipinski definition) is 1. The Labute approximate surface area is 148 Å². The van der Waals surface area contributed by atoms with Gasteiger partial charge in [-0.2, -0.15) is 12.6 Å². The Morgan fingerprint density at radius 1 is 1.22 bits per heavy atom. The molecule has 0 saturated heterocycles. The fourth-order valence-electron chi connectivity index (χ4n) is 3.72.